The first-order chi connectivity index (χ1) is 8.22. The maximum Gasteiger partial charge on any atom is 0.241 e. The van der Waals surface area contributed by atoms with Gasteiger partial charge in [-0.05, 0) is 12.8 Å². The van der Waals surface area contributed by atoms with E-state index in [9.17, 15) is 4.79 Å². The predicted molar refractivity (Wildman–Crippen MR) is 80.1 cm³/mol. The maximum atomic E-state index is 12.0. The lowest BCUT2D eigenvalue weighted by molar-refractivity contribution is -0.136. The van der Waals surface area contributed by atoms with Gasteiger partial charge in [-0.1, -0.05) is 6.42 Å². The van der Waals surface area contributed by atoms with Crippen LogP contribution in [0.4, 0.5) is 0 Å². The second-order valence-corrected chi connectivity index (χ2v) is 5.01. The van der Waals surface area contributed by atoms with E-state index in [2.05, 4.69) is 4.90 Å². The molecule has 1 atom stereocenters. The number of hydrogen-bond donors (Lipinski definition) is 1. The highest BCUT2D eigenvalue weighted by atomic mass is 35.5. The summed E-state index contributed by atoms with van der Waals surface area (Å²) in [5, 5.41) is 0. The summed E-state index contributed by atoms with van der Waals surface area (Å²) in [5.74, 6) is 0.0279. The van der Waals surface area contributed by atoms with Crippen molar-refractivity contribution in [2.75, 3.05) is 39.9 Å². The smallest absolute Gasteiger partial charge is 0.241 e. The Hall–Kier alpha value is -0.0700. The summed E-state index contributed by atoms with van der Waals surface area (Å²) >= 11 is 0. The van der Waals surface area contributed by atoms with E-state index in [0.717, 1.165) is 32.2 Å². The van der Waals surface area contributed by atoms with E-state index in [1.54, 1.807) is 7.11 Å². The number of methoxy groups -OCH3 is 1. The van der Waals surface area contributed by atoms with Crippen LogP contribution < -0.4 is 5.73 Å². The fourth-order valence-electron chi connectivity index (χ4n) is 2.54. The Kier molecular flexibility index (Phi) is 8.94. The zero-order valence-electron chi connectivity index (χ0n) is 11.4. The van der Waals surface area contributed by atoms with Gasteiger partial charge in [-0.25, -0.2) is 0 Å². The topological polar surface area (TPSA) is 58.8 Å². The third kappa shape index (κ3) is 4.76. The fourth-order valence-corrected chi connectivity index (χ4v) is 2.54. The summed E-state index contributed by atoms with van der Waals surface area (Å²) in [7, 11) is 1.57. The zero-order valence-corrected chi connectivity index (χ0v) is 13.0. The van der Waals surface area contributed by atoms with Gasteiger partial charge in [-0.15, -0.1) is 24.8 Å². The fraction of sp³-hybridized carbons (Fsp3) is 0.917. The Labute approximate surface area is 127 Å². The summed E-state index contributed by atoms with van der Waals surface area (Å²) in [6.07, 6.45) is 4.02. The summed E-state index contributed by atoms with van der Waals surface area (Å²) in [4.78, 5) is 16.3. The molecule has 1 aliphatic heterocycles. The first-order valence-electron chi connectivity index (χ1n) is 6.49. The van der Waals surface area contributed by atoms with Gasteiger partial charge in [-0.3, -0.25) is 9.69 Å². The maximum absolute atomic E-state index is 12.0. The first kappa shape index (κ1) is 18.9. The molecule has 0 radical (unpaired) electrons. The van der Waals surface area contributed by atoms with E-state index in [-0.39, 0.29) is 30.7 Å². The summed E-state index contributed by atoms with van der Waals surface area (Å²) in [6.45, 7) is 3.92. The van der Waals surface area contributed by atoms with E-state index in [1.807, 2.05) is 4.90 Å². The number of nitrogens with zero attached hydrogens (tertiary/aromatic N) is 2. The molecule has 1 saturated carbocycles. The van der Waals surface area contributed by atoms with Crippen LogP contribution in [0.2, 0.25) is 0 Å². The van der Waals surface area contributed by atoms with Crippen molar-refractivity contribution in [3.05, 3.63) is 0 Å². The number of nitrogens with two attached hydrogens (primary N) is 1. The third-order valence-corrected chi connectivity index (χ3v) is 3.88. The molecule has 1 heterocycles. The van der Waals surface area contributed by atoms with Crippen LogP contribution in [0.1, 0.15) is 19.3 Å². The van der Waals surface area contributed by atoms with Crippen molar-refractivity contribution < 1.29 is 9.53 Å². The highest BCUT2D eigenvalue weighted by Gasteiger charge is 2.30. The van der Waals surface area contributed by atoms with Gasteiger partial charge >= 0.3 is 0 Å². The van der Waals surface area contributed by atoms with Gasteiger partial charge in [0.2, 0.25) is 5.91 Å². The molecule has 7 heteroatoms. The third-order valence-electron chi connectivity index (χ3n) is 3.88. The molecule has 1 amide bonds. The van der Waals surface area contributed by atoms with Crippen molar-refractivity contribution in [3.8, 4) is 0 Å². The molecule has 0 spiro atoms. The molecule has 2 N–H and O–H groups in total. The molecule has 114 valence electrons. The first-order valence-corrected chi connectivity index (χ1v) is 6.49. The molecule has 19 heavy (non-hydrogen) atoms. The van der Waals surface area contributed by atoms with Crippen molar-refractivity contribution in [3.63, 3.8) is 0 Å². The minimum absolute atomic E-state index is 0. The van der Waals surface area contributed by atoms with Crippen LogP contribution in [0.15, 0.2) is 0 Å². The number of rotatable bonds is 4. The van der Waals surface area contributed by atoms with E-state index in [1.165, 1.54) is 19.3 Å². The van der Waals surface area contributed by atoms with Crippen LogP contribution in [0.25, 0.3) is 0 Å². The minimum Gasteiger partial charge on any atom is -0.383 e. The number of ether oxygens (including phenoxy) is 1. The number of halogens is 2. The molecular formula is C12H25Cl2N3O2. The molecule has 2 aliphatic rings. The Balaban J connectivity index is 0.00000162. The average molecular weight is 314 g/mol. The molecule has 1 unspecified atom stereocenters. The van der Waals surface area contributed by atoms with E-state index in [0.29, 0.717) is 6.61 Å². The number of amides is 1. The standard InChI is InChI=1S/C12H23N3O2.2ClH/c1-17-9-11(13)12(16)15-7-5-14(6-8-15)10-3-2-4-10;;/h10-11H,2-9,13H2,1H3;2*1H. The van der Waals surface area contributed by atoms with Crippen LogP contribution >= 0.6 is 24.8 Å². The lowest BCUT2D eigenvalue weighted by Gasteiger charge is -2.43. The molecule has 0 aromatic carbocycles. The van der Waals surface area contributed by atoms with Gasteiger partial charge in [0.1, 0.15) is 6.04 Å². The summed E-state index contributed by atoms with van der Waals surface area (Å²) in [5.41, 5.74) is 5.76. The average Bonchev–Trinajstić information content (AvgIpc) is 2.27. The highest BCUT2D eigenvalue weighted by Crippen LogP contribution is 2.25. The Morgan fingerprint density at radius 1 is 1.26 bits per heavy atom. The molecule has 1 aliphatic carbocycles. The number of piperazine rings is 1. The molecule has 0 bridgehead atoms. The van der Waals surface area contributed by atoms with Crippen molar-refractivity contribution in [2.45, 2.75) is 31.3 Å². The SMILES string of the molecule is COCC(N)C(=O)N1CCN(C2CCC2)CC1.Cl.Cl. The molecule has 0 aromatic rings. The normalized spacial score (nSPS) is 21.9. The minimum atomic E-state index is -0.504. The predicted octanol–water partition coefficient (Wildman–Crippen LogP) is 0.500. The second kappa shape index (κ2) is 8.97. The molecular weight excluding hydrogens is 289 g/mol. The van der Waals surface area contributed by atoms with Crippen molar-refractivity contribution in [1.82, 2.24) is 9.80 Å². The van der Waals surface area contributed by atoms with Gasteiger partial charge < -0.3 is 15.4 Å². The van der Waals surface area contributed by atoms with Crippen molar-refractivity contribution in [1.29, 1.82) is 0 Å². The largest absolute Gasteiger partial charge is 0.383 e. The van der Waals surface area contributed by atoms with Gasteiger partial charge in [0, 0.05) is 39.3 Å². The molecule has 2 rings (SSSR count). The lowest BCUT2D eigenvalue weighted by atomic mass is 9.91. The molecule has 1 saturated heterocycles. The molecule has 5 nitrogen and oxygen atoms in total. The Bertz CT molecular complexity index is 270. The van der Waals surface area contributed by atoms with Crippen LogP contribution in [0.3, 0.4) is 0 Å². The number of hydrogen-bond acceptors (Lipinski definition) is 4. The van der Waals surface area contributed by atoms with E-state index in [4.69, 9.17) is 10.5 Å². The molecule has 0 aromatic heterocycles. The van der Waals surface area contributed by atoms with Crippen molar-refractivity contribution >= 4 is 30.7 Å². The van der Waals surface area contributed by atoms with Crippen LogP contribution in [-0.2, 0) is 9.53 Å². The van der Waals surface area contributed by atoms with Gasteiger partial charge in [0.15, 0.2) is 0 Å². The molecule has 2 fully saturated rings. The summed E-state index contributed by atoms with van der Waals surface area (Å²) < 4.78 is 4.92. The van der Waals surface area contributed by atoms with Crippen LogP contribution in [0.5, 0.6) is 0 Å². The van der Waals surface area contributed by atoms with E-state index >= 15 is 0 Å². The van der Waals surface area contributed by atoms with E-state index < -0.39 is 6.04 Å². The monoisotopic (exact) mass is 313 g/mol. The zero-order chi connectivity index (χ0) is 12.3. The van der Waals surface area contributed by atoms with Gasteiger partial charge in [0.25, 0.3) is 0 Å². The van der Waals surface area contributed by atoms with Crippen molar-refractivity contribution in [2.24, 2.45) is 5.73 Å². The summed E-state index contributed by atoms with van der Waals surface area (Å²) in [6, 6.07) is 0.273. The van der Waals surface area contributed by atoms with Gasteiger partial charge in [0.05, 0.1) is 6.61 Å². The lowest BCUT2D eigenvalue weighted by Crippen LogP contribution is -2.56. The quantitative estimate of drug-likeness (QED) is 0.821. The van der Waals surface area contributed by atoms with Crippen LogP contribution in [-0.4, -0.2) is 67.7 Å². The van der Waals surface area contributed by atoms with Crippen LogP contribution in [0, 0.1) is 0 Å². The number of carbonyl (C=O) groups is 1. The second-order valence-electron chi connectivity index (χ2n) is 5.01. The number of carbonyl (C=O) groups excluding carboxylic acids is 1. The highest BCUT2D eigenvalue weighted by molar-refractivity contribution is 5.85. The van der Waals surface area contributed by atoms with Gasteiger partial charge in [-0.2, -0.15) is 0 Å². The Morgan fingerprint density at radius 3 is 2.26 bits per heavy atom. The Morgan fingerprint density at radius 2 is 1.84 bits per heavy atom.